The molecule has 0 aromatic heterocycles. The summed E-state index contributed by atoms with van der Waals surface area (Å²) < 4.78 is 11.6. The molecule has 6 nitrogen and oxygen atoms in total. The molecule has 1 N–H and O–H groups in total. The Morgan fingerprint density at radius 1 is 1.48 bits per heavy atom. The summed E-state index contributed by atoms with van der Waals surface area (Å²) in [7, 11) is 1.89. The maximum absolute atomic E-state index is 11.1. The van der Waals surface area contributed by atoms with E-state index in [9.17, 15) is 10.1 Å². The van der Waals surface area contributed by atoms with Crippen LogP contribution in [0.3, 0.4) is 0 Å². The number of hydrogen-bond donors (Lipinski definition) is 1. The van der Waals surface area contributed by atoms with E-state index in [1.165, 1.54) is 6.07 Å². The monoisotopic (exact) mass is 294 g/mol. The zero-order valence-electron chi connectivity index (χ0n) is 12.7. The van der Waals surface area contributed by atoms with E-state index < -0.39 is 4.92 Å². The molecule has 6 heteroatoms. The van der Waals surface area contributed by atoms with Gasteiger partial charge in [0.25, 0.3) is 0 Å². The van der Waals surface area contributed by atoms with Crippen molar-refractivity contribution in [1.82, 2.24) is 5.32 Å². The number of benzene rings is 1. The van der Waals surface area contributed by atoms with E-state index in [0.29, 0.717) is 12.4 Å². The van der Waals surface area contributed by atoms with Gasteiger partial charge < -0.3 is 14.8 Å². The summed E-state index contributed by atoms with van der Waals surface area (Å²) in [6.45, 7) is 4.60. The van der Waals surface area contributed by atoms with E-state index >= 15 is 0 Å². The Balaban J connectivity index is 2.10. The Hall–Kier alpha value is -1.66. The van der Waals surface area contributed by atoms with Gasteiger partial charge in [0.2, 0.25) is 0 Å². The Bertz CT molecular complexity index is 506. The van der Waals surface area contributed by atoms with Crippen LogP contribution in [0.15, 0.2) is 18.2 Å². The molecule has 0 radical (unpaired) electrons. The van der Waals surface area contributed by atoms with Gasteiger partial charge in [-0.15, -0.1) is 0 Å². The van der Waals surface area contributed by atoms with Crippen molar-refractivity contribution in [2.75, 3.05) is 13.7 Å². The molecule has 0 saturated heterocycles. The van der Waals surface area contributed by atoms with Crippen LogP contribution in [0.5, 0.6) is 5.75 Å². The highest BCUT2D eigenvalue weighted by Crippen LogP contribution is 2.34. The molecule has 1 aromatic rings. The lowest BCUT2D eigenvalue weighted by Gasteiger charge is -2.43. The highest BCUT2D eigenvalue weighted by molar-refractivity contribution is 5.48. The average Bonchev–Trinajstić information content (AvgIpc) is 2.43. The average molecular weight is 294 g/mol. The Morgan fingerprint density at radius 2 is 2.24 bits per heavy atom. The predicted octanol–water partition coefficient (Wildman–Crippen LogP) is 2.44. The number of aryl methyl sites for hydroxylation is 1. The zero-order chi connectivity index (χ0) is 15.4. The summed E-state index contributed by atoms with van der Waals surface area (Å²) in [6.07, 6.45) is 1.52. The third-order valence-corrected chi connectivity index (χ3v) is 3.72. The topological polar surface area (TPSA) is 73.6 Å². The second kappa shape index (κ2) is 6.87. The number of hydrogen-bond acceptors (Lipinski definition) is 5. The first-order valence-electron chi connectivity index (χ1n) is 7.27. The van der Waals surface area contributed by atoms with Crippen molar-refractivity contribution in [3.05, 3.63) is 33.9 Å². The minimum Gasteiger partial charge on any atom is -0.481 e. The second-order valence-electron chi connectivity index (χ2n) is 5.35. The molecule has 1 fully saturated rings. The van der Waals surface area contributed by atoms with E-state index in [1.54, 1.807) is 12.1 Å². The molecule has 2 rings (SSSR count). The van der Waals surface area contributed by atoms with Gasteiger partial charge in [-0.2, -0.15) is 0 Å². The molecule has 0 amide bonds. The summed E-state index contributed by atoms with van der Waals surface area (Å²) >= 11 is 0. The summed E-state index contributed by atoms with van der Waals surface area (Å²) in [4.78, 5) is 10.7. The Labute approximate surface area is 124 Å². The van der Waals surface area contributed by atoms with Crippen LogP contribution in [0.4, 0.5) is 5.69 Å². The molecule has 3 unspecified atom stereocenters. The Kier molecular flexibility index (Phi) is 5.14. The predicted molar refractivity (Wildman–Crippen MR) is 79.7 cm³/mol. The van der Waals surface area contributed by atoms with E-state index in [-0.39, 0.29) is 23.9 Å². The SMILES string of the molecule is CCCOC1C(NC)CC1Oc1cc(C)ccc1[N+](=O)[O-]. The van der Waals surface area contributed by atoms with Crippen LogP contribution in [0, 0.1) is 17.0 Å². The van der Waals surface area contributed by atoms with Crippen LogP contribution in [0.1, 0.15) is 25.3 Å². The van der Waals surface area contributed by atoms with Crippen LogP contribution >= 0.6 is 0 Å². The van der Waals surface area contributed by atoms with Crippen LogP contribution in [-0.4, -0.2) is 36.8 Å². The number of nitrogens with zero attached hydrogens (tertiary/aromatic N) is 1. The maximum atomic E-state index is 11.1. The molecule has 116 valence electrons. The molecule has 1 aliphatic carbocycles. The van der Waals surface area contributed by atoms with Gasteiger partial charge in [-0.25, -0.2) is 0 Å². The molecule has 3 atom stereocenters. The van der Waals surface area contributed by atoms with Gasteiger partial charge in [0.05, 0.1) is 4.92 Å². The van der Waals surface area contributed by atoms with Gasteiger partial charge in [-0.1, -0.05) is 13.0 Å². The van der Waals surface area contributed by atoms with E-state index in [4.69, 9.17) is 9.47 Å². The fraction of sp³-hybridized carbons (Fsp3) is 0.600. The number of likely N-dealkylation sites (N-methyl/N-ethyl adjacent to an activating group) is 1. The van der Waals surface area contributed by atoms with Gasteiger partial charge in [0, 0.05) is 25.1 Å². The van der Waals surface area contributed by atoms with Crippen LogP contribution < -0.4 is 10.1 Å². The molecule has 0 spiro atoms. The highest BCUT2D eigenvalue weighted by atomic mass is 16.6. The molecular weight excluding hydrogens is 272 g/mol. The lowest BCUT2D eigenvalue weighted by atomic mass is 9.85. The van der Waals surface area contributed by atoms with Crippen molar-refractivity contribution in [3.63, 3.8) is 0 Å². The van der Waals surface area contributed by atoms with Gasteiger partial charge in [-0.05, 0) is 32.0 Å². The van der Waals surface area contributed by atoms with Crippen molar-refractivity contribution < 1.29 is 14.4 Å². The minimum atomic E-state index is -0.412. The van der Waals surface area contributed by atoms with Crippen molar-refractivity contribution in [3.8, 4) is 5.75 Å². The van der Waals surface area contributed by atoms with E-state index in [1.807, 2.05) is 20.9 Å². The molecule has 1 aromatic carbocycles. The van der Waals surface area contributed by atoms with Gasteiger partial charge in [-0.3, -0.25) is 10.1 Å². The van der Waals surface area contributed by atoms with Crippen molar-refractivity contribution in [1.29, 1.82) is 0 Å². The summed E-state index contributed by atoms with van der Waals surface area (Å²) in [5.74, 6) is 0.324. The zero-order valence-corrected chi connectivity index (χ0v) is 12.7. The molecule has 21 heavy (non-hydrogen) atoms. The standard InChI is InChI=1S/C15H22N2O4/c1-4-7-20-15-11(16-3)9-14(15)21-13-8-10(2)5-6-12(13)17(18)19/h5-6,8,11,14-16H,4,7,9H2,1-3H3. The smallest absolute Gasteiger partial charge is 0.310 e. The molecule has 0 aliphatic heterocycles. The van der Waals surface area contributed by atoms with Gasteiger partial charge in [0.15, 0.2) is 5.75 Å². The highest BCUT2D eigenvalue weighted by Gasteiger charge is 2.43. The van der Waals surface area contributed by atoms with Gasteiger partial charge in [0.1, 0.15) is 12.2 Å². The Morgan fingerprint density at radius 3 is 2.86 bits per heavy atom. The number of nitro groups is 1. The van der Waals surface area contributed by atoms with E-state index in [0.717, 1.165) is 18.4 Å². The number of nitro benzene ring substituents is 1. The summed E-state index contributed by atoms with van der Waals surface area (Å²) in [6, 6.07) is 5.15. The quantitative estimate of drug-likeness (QED) is 0.617. The first kappa shape index (κ1) is 15.7. The second-order valence-corrected chi connectivity index (χ2v) is 5.35. The van der Waals surface area contributed by atoms with Crippen LogP contribution in [0.2, 0.25) is 0 Å². The van der Waals surface area contributed by atoms with Crippen LogP contribution in [0.25, 0.3) is 0 Å². The lowest BCUT2D eigenvalue weighted by Crippen LogP contribution is -2.60. The number of ether oxygens (including phenoxy) is 2. The summed E-state index contributed by atoms with van der Waals surface area (Å²) in [5.41, 5.74) is 0.939. The molecule has 1 saturated carbocycles. The third kappa shape index (κ3) is 3.51. The van der Waals surface area contributed by atoms with Crippen molar-refractivity contribution >= 4 is 5.69 Å². The fourth-order valence-electron chi connectivity index (χ4n) is 2.49. The number of nitrogens with one attached hydrogen (secondary N) is 1. The first-order valence-corrected chi connectivity index (χ1v) is 7.27. The third-order valence-electron chi connectivity index (χ3n) is 3.72. The molecule has 0 bridgehead atoms. The molecular formula is C15H22N2O4. The fourth-order valence-corrected chi connectivity index (χ4v) is 2.49. The normalized spacial score (nSPS) is 24.4. The number of rotatable bonds is 7. The van der Waals surface area contributed by atoms with Crippen molar-refractivity contribution in [2.24, 2.45) is 0 Å². The lowest BCUT2D eigenvalue weighted by molar-refractivity contribution is -0.386. The summed E-state index contributed by atoms with van der Waals surface area (Å²) in [5, 5.41) is 14.3. The van der Waals surface area contributed by atoms with Crippen molar-refractivity contribution in [2.45, 2.75) is 44.9 Å². The maximum Gasteiger partial charge on any atom is 0.310 e. The molecule has 0 heterocycles. The van der Waals surface area contributed by atoms with Crippen LogP contribution in [-0.2, 0) is 4.74 Å². The first-order chi connectivity index (χ1) is 10.1. The van der Waals surface area contributed by atoms with Gasteiger partial charge >= 0.3 is 5.69 Å². The van der Waals surface area contributed by atoms with E-state index in [2.05, 4.69) is 5.32 Å². The largest absolute Gasteiger partial charge is 0.481 e. The molecule has 1 aliphatic rings. The minimum absolute atomic E-state index is 0.00255.